The highest BCUT2D eigenvalue weighted by molar-refractivity contribution is 6.31. The van der Waals surface area contributed by atoms with Gasteiger partial charge in [0.25, 0.3) is 0 Å². The summed E-state index contributed by atoms with van der Waals surface area (Å²) in [4.78, 5) is 28.4. The van der Waals surface area contributed by atoms with Crippen molar-refractivity contribution in [2.75, 3.05) is 32.8 Å². The van der Waals surface area contributed by atoms with E-state index >= 15 is 0 Å². The lowest BCUT2D eigenvalue weighted by Gasteiger charge is -2.33. The summed E-state index contributed by atoms with van der Waals surface area (Å²) in [5, 5.41) is 0.735. The molecule has 2 fully saturated rings. The summed E-state index contributed by atoms with van der Waals surface area (Å²) in [6.07, 6.45) is 4.79. The van der Waals surface area contributed by atoms with Crippen LogP contribution in [0, 0.1) is 0 Å². The molecule has 2 amide bonds. The molecule has 2 aliphatic heterocycles. The Bertz CT molecular complexity index is 637. The number of hydrogen-bond acceptors (Lipinski definition) is 3. The molecule has 1 aromatic rings. The normalized spacial score (nSPS) is 21.6. The number of halogens is 1. The maximum Gasteiger partial charge on any atom is 0.224 e. The number of carbonyl (C=O) groups excluding carboxylic acids is 2. The lowest BCUT2D eigenvalue weighted by Crippen LogP contribution is -2.47. The van der Waals surface area contributed by atoms with E-state index in [2.05, 4.69) is 0 Å². The summed E-state index contributed by atoms with van der Waals surface area (Å²) >= 11 is 6.23. The van der Waals surface area contributed by atoms with Crippen LogP contribution in [0.15, 0.2) is 24.3 Å². The zero-order valence-corrected chi connectivity index (χ0v) is 15.9. The molecular formula is C20H27ClN2O3. The fourth-order valence-electron chi connectivity index (χ4n) is 3.64. The van der Waals surface area contributed by atoms with Crippen molar-refractivity contribution in [2.24, 2.45) is 0 Å². The number of benzene rings is 1. The van der Waals surface area contributed by atoms with Crippen LogP contribution in [0.25, 0.3) is 0 Å². The Labute approximate surface area is 160 Å². The van der Waals surface area contributed by atoms with Gasteiger partial charge in [-0.2, -0.15) is 0 Å². The van der Waals surface area contributed by atoms with Crippen molar-refractivity contribution in [1.82, 2.24) is 9.80 Å². The van der Waals surface area contributed by atoms with Gasteiger partial charge in [0, 0.05) is 50.5 Å². The largest absolute Gasteiger partial charge is 0.374 e. The molecule has 2 heterocycles. The Hall–Kier alpha value is -1.59. The molecule has 1 aromatic carbocycles. The van der Waals surface area contributed by atoms with E-state index < -0.39 is 0 Å². The van der Waals surface area contributed by atoms with Gasteiger partial charge in [-0.3, -0.25) is 9.59 Å². The highest BCUT2D eigenvalue weighted by Gasteiger charge is 2.26. The van der Waals surface area contributed by atoms with E-state index in [1.807, 2.05) is 34.1 Å². The minimum Gasteiger partial charge on any atom is -0.374 e. The quantitative estimate of drug-likeness (QED) is 0.791. The smallest absolute Gasteiger partial charge is 0.224 e. The van der Waals surface area contributed by atoms with E-state index in [0.29, 0.717) is 45.5 Å². The van der Waals surface area contributed by atoms with Crippen molar-refractivity contribution in [3.05, 3.63) is 34.9 Å². The van der Waals surface area contributed by atoms with Crippen molar-refractivity contribution in [2.45, 2.75) is 44.6 Å². The van der Waals surface area contributed by atoms with Gasteiger partial charge < -0.3 is 14.5 Å². The molecular weight excluding hydrogens is 352 g/mol. The summed E-state index contributed by atoms with van der Waals surface area (Å²) < 4.78 is 5.83. The zero-order chi connectivity index (χ0) is 18.4. The Kier molecular flexibility index (Phi) is 6.92. The van der Waals surface area contributed by atoms with Gasteiger partial charge in [0.15, 0.2) is 0 Å². The Balaban J connectivity index is 1.49. The third kappa shape index (κ3) is 5.21. The van der Waals surface area contributed by atoms with Gasteiger partial charge in [0.2, 0.25) is 11.8 Å². The van der Waals surface area contributed by atoms with E-state index in [9.17, 15) is 9.59 Å². The average Bonchev–Trinajstić information content (AvgIpc) is 2.86. The Morgan fingerprint density at radius 3 is 2.88 bits per heavy atom. The number of carbonyl (C=O) groups is 2. The van der Waals surface area contributed by atoms with Crippen LogP contribution in [0.3, 0.4) is 0 Å². The highest BCUT2D eigenvalue weighted by atomic mass is 35.5. The number of ether oxygens (including phenoxy) is 1. The topological polar surface area (TPSA) is 49.9 Å². The molecule has 3 rings (SSSR count). The van der Waals surface area contributed by atoms with Crippen LogP contribution in [0.4, 0.5) is 0 Å². The first-order valence-electron chi connectivity index (χ1n) is 9.54. The third-order valence-electron chi connectivity index (χ3n) is 5.16. The van der Waals surface area contributed by atoms with Gasteiger partial charge in [0.1, 0.15) is 0 Å². The zero-order valence-electron chi connectivity index (χ0n) is 15.2. The fraction of sp³-hybridized carbons (Fsp3) is 0.600. The monoisotopic (exact) mass is 378 g/mol. The van der Waals surface area contributed by atoms with Crippen molar-refractivity contribution in [3.63, 3.8) is 0 Å². The molecule has 0 N–H and O–H groups in total. The third-order valence-corrected chi connectivity index (χ3v) is 5.53. The molecule has 0 spiro atoms. The first-order chi connectivity index (χ1) is 12.6. The van der Waals surface area contributed by atoms with Crippen molar-refractivity contribution < 1.29 is 14.3 Å². The standard InChI is InChI=1S/C20H27ClN2O3/c21-18-7-4-3-6-16(18)14-17-15-23(12-13-26-17)20(25)9-11-22-10-5-1-2-8-19(22)24/h3-4,6-7,17H,1-2,5,8-15H2. The molecule has 1 atom stereocenters. The van der Waals surface area contributed by atoms with Crippen LogP contribution < -0.4 is 0 Å². The molecule has 2 saturated heterocycles. The number of likely N-dealkylation sites (tertiary alicyclic amines) is 1. The minimum atomic E-state index is -0.0348. The maximum absolute atomic E-state index is 12.6. The predicted molar refractivity (Wildman–Crippen MR) is 101 cm³/mol. The maximum atomic E-state index is 12.6. The number of amides is 2. The van der Waals surface area contributed by atoms with Gasteiger partial charge in [-0.05, 0) is 24.5 Å². The highest BCUT2D eigenvalue weighted by Crippen LogP contribution is 2.20. The van der Waals surface area contributed by atoms with Crippen LogP contribution in [-0.2, 0) is 20.7 Å². The van der Waals surface area contributed by atoms with Gasteiger partial charge in [-0.15, -0.1) is 0 Å². The summed E-state index contributed by atoms with van der Waals surface area (Å²) in [6, 6.07) is 7.75. The molecule has 142 valence electrons. The molecule has 6 heteroatoms. The molecule has 26 heavy (non-hydrogen) atoms. The first-order valence-corrected chi connectivity index (χ1v) is 9.92. The molecule has 0 aliphatic carbocycles. The molecule has 2 aliphatic rings. The van der Waals surface area contributed by atoms with Crippen molar-refractivity contribution in [3.8, 4) is 0 Å². The van der Waals surface area contributed by atoms with Gasteiger partial charge in [-0.1, -0.05) is 36.2 Å². The average molecular weight is 379 g/mol. The fourth-order valence-corrected chi connectivity index (χ4v) is 3.86. The SMILES string of the molecule is O=C1CCCCCN1CCC(=O)N1CCOC(Cc2ccccc2Cl)C1. The molecule has 0 saturated carbocycles. The first kappa shape index (κ1) is 19.2. The van der Waals surface area contributed by atoms with Crippen molar-refractivity contribution in [1.29, 1.82) is 0 Å². The van der Waals surface area contributed by atoms with Gasteiger partial charge in [-0.25, -0.2) is 0 Å². The van der Waals surface area contributed by atoms with E-state index in [0.717, 1.165) is 36.4 Å². The Morgan fingerprint density at radius 2 is 2.04 bits per heavy atom. The summed E-state index contributed by atoms with van der Waals surface area (Å²) in [5.74, 6) is 0.295. The van der Waals surface area contributed by atoms with Gasteiger partial charge >= 0.3 is 0 Å². The van der Waals surface area contributed by atoms with E-state index in [4.69, 9.17) is 16.3 Å². The van der Waals surface area contributed by atoms with Gasteiger partial charge in [0.05, 0.1) is 12.7 Å². The predicted octanol–water partition coefficient (Wildman–Crippen LogP) is 2.90. The second kappa shape index (κ2) is 9.38. The minimum absolute atomic E-state index is 0.0348. The van der Waals surface area contributed by atoms with E-state index in [1.165, 1.54) is 0 Å². The number of rotatable bonds is 5. The van der Waals surface area contributed by atoms with Crippen molar-refractivity contribution >= 4 is 23.4 Å². The number of hydrogen-bond donors (Lipinski definition) is 0. The Morgan fingerprint density at radius 1 is 1.19 bits per heavy atom. The summed E-state index contributed by atoms with van der Waals surface area (Å²) in [6.45, 7) is 3.06. The molecule has 1 unspecified atom stereocenters. The molecule has 0 radical (unpaired) electrons. The van der Waals surface area contributed by atoms with Crippen LogP contribution >= 0.6 is 11.6 Å². The lowest BCUT2D eigenvalue weighted by molar-refractivity contribution is -0.140. The van der Waals surface area contributed by atoms with Crippen LogP contribution in [-0.4, -0.2) is 60.5 Å². The van der Waals surface area contributed by atoms with Crippen LogP contribution in [0.1, 0.15) is 37.7 Å². The molecule has 0 aromatic heterocycles. The van der Waals surface area contributed by atoms with E-state index in [1.54, 1.807) is 0 Å². The second-order valence-electron chi connectivity index (χ2n) is 7.07. The second-order valence-corrected chi connectivity index (χ2v) is 7.48. The number of nitrogens with zero attached hydrogens (tertiary/aromatic N) is 2. The van der Waals surface area contributed by atoms with Crippen LogP contribution in [0.5, 0.6) is 0 Å². The van der Waals surface area contributed by atoms with Crippen LogP contribution in [0.2, 0.25) is 5.02 Å². The number of morpholine rings is 1. The summed E-state index contributed by atoms with van der Waals surface area (Å²) in [7, 11) is 0. The summed E-state index contributed by atoms with van der Waals surface area (Å²) in [5.41, 5.74) is 1.05. The van der Waals surface area contributed by atoms with E-state index in [-0.39, 0.29) is 17.9 Å². The molecule has 5 nitrogen and oxygen atoms in total. The molecule has 0 bridgehead atoms. The lowest BCUT2D eigenvalue weighted by atomic mass is 10.1.